The molecule has 0 aromatic heterocycles. The SMILES string of the molecule is CCC(C)C1NNN1. The molecule has 3 heteroatoms. The van der Waals surface area contributed by atoms with Gasteiger partial charge in [-0.05, 0) is 5.92 Å². The second-order valence-corrected chi connectivity index (χ2v) is 2.28. The Morgan fingerprint density at radius 1 is 1.50 bits per heavy atom. The van der Waals surface area contributed by atoms with E-state index in [0.717, 1.165) is 5.92 Å². The van der Waals surface area contributed by atoms with Crippen molar-refractivity contribution in [2.45, 2.75) is 26.4 Å². The standard InChI is InChI=1S/C5H13N3/c1-3-4(2)5-6-8-7-5/h4-8H,3H2,1-2H3. The molecule has 1 aliphatic heterocycles. The molecule has 0 saturated carbocycles. The number of hydrogen-bond acceptors (Lipinski definition) is 3. The molecule has 8 heavy (non-hydrogen) atoms. The van der Waals surface area contributed by atoms with Gasteiger partial charge in [-0.3, -0.25) is 0 Å². The van der Waals surface area contributed by atoms with Gasteiger partial charge in [0.25, 0.3) is 0 Å². The monoisotopic (exact) mass is 115 g/mol. The minimum Gasteiger partial charge on any atom is -0.226 e. The highest BCUT2D eigenvalue weighted by Gasteiger charge is 2.19. The Hall–Kier alpha value is -0.120. The van der Waals surface area contributed by atoms with E-state index in [1.165, 1.54) is 6.42 Å². The fourth-order valence-electron chi connectivity index (χ4n) is 0.676. The van der Waals surface area contributed by atoms with E-state index in [1.54, 1.807) is 0 Å². The molecule has 0 amide bonds. The first-order chi connectivity index (χ1) is 3.84. The van der Waals surface area contributed by atoms with Crippen molar-refractivity contribution in [3.63, 3.8) is 0 Å². The van der Waals surface area contributed by atoms with Crippen LogP contribution in [0.2, 0.25) is 0 Å². The van der Waals surface area contributed by atoms with Gasteiger partial charge in [0, 0.05) is 0 Å². The van der Waals surface area contributed by atoms with E-state index in [4.69, 9.17) is 0 Å². The van der Waals surface area contributed by atoms with E-state index in [9.17, 15) is 0 Å². The lowest BCUT2D eigenvalue weighted by atomic mass is 10.1. The fraction of sp³-hybridized carbons (Fsp3) is 1.00. The quantitative estimate of drug-likeness (QED) is 0.473. The zero-order valence-electron chi connectivity index (χ0n) is 5.36. The van der Waals surface area contributed by atoms with Crippen LogP contribution in [0.5, 0.6) is 0 Å². The van der Waals surface area contributed by atoms with Crippen molar-refractivity contribution in [2.75, 3.05) is 0 Å². The van der Waals surface area contributed by atoms with Gasteiger partial charge in [0.1, 0.15) is 0 Å². The molecule has 0 aromatic carbocycles. The second-order valence-electron chi connectivity index (χ2n) is 2.28. The van der Waals surface area contributed by atoms with Crippen molar-refractivity contribution < 1.29 is 0 Å². The van der Waals surface area contributed by atoms with Crippen LogP contribution in [-0.4, -0.2) is 6.17 Å². The molecule has 3 N–H and O–H groups in total. The summed E-state index contributed by atoms with van der Waals surface area (Å²) in [5.74, 6) is 0.719. The summed E-state index contributed by atoms with van der Waals surface area (Å²) in [6.07, 6.45) is 1.70. The third-order valence-corrected chi connectivity index (χ3v) is 1.67. The van der Waals surface area contributed by atoms with E-state index in [2.05, 4.69) is 30.2 Å². The number of nitrogens with one attached hydrogen (secondary N) is 3. The van der Waals surface area contributed by atoms with Crippen molar-refractivity contribution in [1.29, 1.82) is 0 Å². The third-order valence-electron chi connectivity index (χ3n) is 1.67. The summed E-state index contributed by atoms with van der Waals surface area (Å²) in [6, 6.07) is 0. The molecule has 1 atom stereocenters. The van der Waals surface area contributed by atoms with Crippen LogP contribution in [0, 0.1) is 5.92 Å². The first-order valence-electron chi connectivity index (χ1n) is 3.10. The summed E-state index contributed by atoms with van der Waals surface area (Å²) in [5, 5.41) is 0. The molecular weight excluding hydrogens is 102 g/mol. The number of hydrogen-bond donors (Lipinski definition) is 3. The second kappa shape index (κ2) is 2.44. The Morgan fingerprint density at radius 2 is 2.12 bits per heavy atom. The van der Waals surface area contributed by atoms with Crippen molar-refractivity contribution in [3.8, 4) is 0 Å². The van der Waals surface area contributed by atoms with Gasteiger partial charge in [-0.2, -0.15) is 5.53 Å². The molecular formula is C5H13N3. The topological polar surface area (TPSA) is 36.1 Å². The Bertz CT molecular complexity index is 67.3. The van der Waals surface area contributed by atoms with Crippen LogP contribution in [-0.2, 0) is 0 Å². The fourth-order valence-corrected chi connectivity index (χ4v) is 0.676. The molecule has 0 aliphatic carbocycles. The van der Waals surface area contributed by atoms with Gasteiger partial charge in [-0.15, -0.1) is 0 Å². The van der Waals surface area contributed by atoms with Crippen LogP contribution in [0.1, 0.15) is 20.3 Å². The molecule has 1 heterocycles. The maximum atomic E-state index is 3.04. The molecule has 0 aromatic rings. The number of rotatable bonds is 2. The van der Waals surface area contributed by atoms with Crippen LogP contribution >= 0.6 is 0 Å². The smallest absolute Gasteiger partial charge is 0.0883 e. The van der Waals surface area contributed by atoms with Crippen LogP contribution < -0.4 is 16.4 Å². The molecule has 1 fully saturated rings. The van der Waals surface area contributed by atoms with Gasteiger partial charge >= 0.3 is 0 Å². The molecule has 3 nitrogen and oxygen atoms in total. The predicted molar refractivity (Wildman–Crippen MR) is 32.7 cm³/mol. The molecule has 1 rings (SSSR count). The Morgan fingerprint density at radius 3 is 2.25 bits per heavy atom. The van der Waals surface area contributed by atoms with Gasteiger partial charge in [0.2, 0.25) is 0 Å². The first kappa shape index (κ1) is 6.01. The Labute approximate surface area is 49.8 Å². The normalized spacial score (nSPS) is 24.8. The lowest BCUT2D eigenvalue weighted by Gasteiger charge is -2.34. The third kappa shape index (κ3) is 0.992. The molecule has 1 aliphatic rings. The van der Waals surface area contributed by atoms with E-state index >= 15 is 0 Å². The maximum absolute atomic E-state index is 3.04. The Balaban J connectivity index is 2.13. The summed E-state index contributed by atoms with van der Waals surface area (Å²) in [6.45, 7) is 4.40. The van der Waals surface area contributed by atoms with Crippen molar-refractivity contribution in [1.82, 2.24) is 16.4 Å². The average molecular weight is 115 g/mol. The highest BCUT2D eigenvalue weighted by atomic mass is 15.7. The highest BCUT2D eigenvalue weighted by Crippen LogP contribution is 2.05. The minimum absolute atomic E-state index is 0.486. The van der Waals surface area contributed by atoms with Crippen LogP contribution in [0.3, 0.4) is 0 Å². The van der Waals surface area contributed by atoms with Gasteiger partial charge in [0.15, 0.2) is 0 Å². The van der Waals surface area contributed by atoms with Crippen LogP contribution in [0.15, 0.2) is 0 Å². The maximum Gasteiger partial charge on any atom is 0.0883 e. The van der Waals surface area contributed by atoms with E-state index < -0.39 is 0 Å². The lowest BCUT2D eigenvalue weighted by Crippen LogP contribution is -2.71. The summed E-state index contributed by atoms with van der Waals surface area (Å²) < 4.78 is 0. The molecule has 0 radical (unpaired) electrons. The summed E-state index contributed by atoms with van der Waals surface area (Å²) in [4.78, 5) is 0. The van der Waals surface area contributed by atoms with Gasteiger partial charge in [-0.1, -0.05) is 20.3 Å². The highest BCUT2D eigenvalue weighted by molar-refractivity contribution is 4.70. The van der Waals surface area contributed by atoms with E-state index in [1.807, 2.05) is 0 Å². The van der Waals surface area contributed by atoms with Crippen molar-refractivity contribution >= 4 is 0 Å². The minimum atomic E-state index is 0.486. The van der Waals surface area contributed by atoms with E-state index in [0.29, 0.717) is 6.17 Å². The zero-order chi connectivity index (χ0) is 5.98. The Kier molecular flexibility index (Phi) is 1.83. The molecule has 1 saturated heterocycles. The van der Waals surface area contributed by atoms with Crippen LogP contribution in [0.4, 0.5) is 0 Å². The molecule has 0 spiro atoms. The zero-order valence-corrected chi connectivity index (χ0v) is 5.36. The average Bonchev–Trinajstić information content (AvgIpc) is 1.62. The molecule has 0 bridgehead atoms. The van der Waals surface area contributed by atoms with Crippen molar-refractivity contribution in [3.05, 3.63) is 0 Å². The first-order valence-corrected chi connectivity index (χ1v) is 3.10. The van der Waals surface area contributed by atoms with Crippen molar-refractivity contribution in [2.24, 2.45) is 5.92 Å². The predicted octanol–water partition coefficient (Wildman–Crippen LogP) is -0.0290. The summed E-state index contributed by atoms with van der Waals surface area (Å²) >= 11 is 0. The van der Waals surface area contributed by atoms with Gasteiger partial charge < -0.3 is 0 Å². The lowest BCUT2D eigenvalue weighted by molar-refractivity contribution is 0.129. The molecule has 1 unspecified atom stereocenters. The number of hydrazine groups is 2. The van der Waals surface area contributed by atoms with Crippen LogP contribution in [0.25, 0.3) is 0 Å². The van der Waals surface area contributed by atoms with Gasteiger partial charge in [0.05, 0.1) is 6.17 Å². The summed E-state index contributed by atoms with van der Waals surface area (Å²) in [7, 11) is 0. The largest absolute Gasteiger partial charge is 0.226 e. The molecule has 48 valence electrons. The van der Waals surface area contributed by atoms with E-state index in [-0.39, 0.29) is 0 Å². The van der Waals surface area contributed by atoms with Gasteiger partial charge in [-0.25, -0.2) is 10.9 Å². The summed E-state index contributed by atoms with van der Waals surface area (Å²) in [5.41, 5.74) is 8.85.